The van der Waals surface area contributed by atoms with Crippen molar-refractivity contribution in [3.8, 4) is 0 Å². The fraction of sp³-hybridized carbons (Fsp3) is 0.800. The van der Waals surface area contributed by atoms with Crippen LogP contribution >= 0.6 is 0 Å². The van der Waals surface area contributed by atoms with E-state index in [9.17, 15) is 9.59 Å². The first-order chi connectivity index (χ1) is 11.7. The molecule has 0 aliphatic heterocycles. The highest BCUT2D eigenvalue weighted by molar-refractivity contribution is 6.00. The van der Waals surface area contributed by atoms with Crippen molar-refractivity contribution in [1.82, 2.24) is 0 Å². The lowest BCUT2D eigenvalue weighted by Crippen LogP contribution is -2.27. The van der Waals surface area contributed by atoms with E-state index in [1.807, 2.05) is 0 Å². The number of hydrogen-bond donors (Lipinski definition) is 0. The van der Waals surface area contributed by atoms with Gasteiger partial charge in [0.2, 0.25) is 0 Å². The van der Waals surface area contributed by atoms with Crippen molar-refractivity contribution in [2.24, 2.45) is 0 Å². The molecule has 0 saturated heterocycles. The van der Waals surface area contributed by atoms with E-state index in [0.29, 0.717) is 24.0 Å². The topological polar surface area (TPSA) is 52.6 Å². The van der Waals surface area contributed by atoms with E-state index in [-0.39, 0.29) is 24.1 Å². The molecule has 0 radical (unpaired) electrons. The van der Waals surface area contributed by atoms with Gasteiger partial charge in [0.15, 0.2) is 0 Å². The van der Waals surface area contributed by atoms with Crippen LogP contribution in [0.15, 0.2) is 11.1 Å². The number of esters is 2. The van der Waals surface area contributed by atoms with Crippen LogP contribution < -0.4 is 0 Å². The maximum Gasteiger partial charge on any atom is 0.334 e. The summed E-state index contributed by atoms with van der Waals surface area (Å²) in [6.07, 6.45) is 14.1. The molecule has 0 bridgehead atoms. The quantitative estimate of drug-likeness (QED) is 0.705. The minimum atomic E-state index is -0.266. The highest BCUT2D eigenvalue weighted by Gasteiger charge is 2.29. The molecule has 24 heavy (non-hydrogen) atoms. The smallest absolute Gasteiger partial charge is 0.334 e. The highest BCUT2D eigenvalue weighted by atomic mass is 16.5. The Morgan fingerprint density at radius 3 is 1.33 bits per heavy atom. The van der Waals surface area contributed by atoms with Gasteiger partial charge in [-0.1, -0.05) is 12.8 Å². The molecule has 134 valence electrons. The molecular weight excluding hydrogens is 304 g/mol. The molecule has 3 rings (SSSR count). The zero-order valence-corrected chi connectivity index (χ0v) is 14.7. The lowest BCUT2D eigenvalue weighted by Gasteiger charge is -2.26. The van der Waals surface area contributed by atoms with Crippen molar-refractivity contribution >= 4 is 11.9 Å². The molecule has 0 aromatic heterocycles. The summed E-state index contributed by atoms with van der Waals surface area (Å²) >= 11 is 0. The second-order valence-corrected chi connectivity index (χ2v) is 7.49. The summed E-state index contributed by atoms with van der Waals surface area (Å²) < 4.78 is 11.4. The lowest BCUT2D eigenvalue weighted by molar-refractivity contribution is -0.149. The molecule has 0 unspecified atom stereocenters. The largest absolute Gasteiger partial charge is 0.459 e. The van der Waals surface area contributed by atoms with Crippen molar-refractivity contribution < 1.29 is 19.1 Å². The summed E-state index contributed by atoms with van der Waals surface area (Å²) in [5.74, 6) is -0.533. The van der Waals surface area contributed by atoms with Crippen LogP contribution in [0.5, 0.6) is 0 Å². The van der Waals surface area contributed by atoms with Gasteiger partial charge >= 0.3 is 11.9 Å². The zero-order valence-electron chi connectivity index (χ0n) is 14.7. The first-order valence-electron chi connectivity index (χ1n) is 9.88. The zero-order chi connectivity index (χ0) is 16.8. The first-order valence-corrected chi connectivity index (χ1v) is 9.88. The summed E-state index contributed by atoms with van der Waals surface area (Å²) in [6.45, 7) is 0. The molecule has 0 heterocycles. The average molecular weight is 334 g/mol. The Hall–Kier alpha value is -1.32. The SMILES string of the molecule is O=C(OC1CCCCC1)C1=C(C(=O)OC2CCCCC2)CCCC1. The van der Waals surface area contributed by atoms with E-state index in [0.717, 1.165) is 64.2 Å². The van der Waals surface area contributed by atoms with E-state index >= 15 is 0 Å². The van der Waals surface area contributed by atoms with Crippen molar-refractivity contribution in [2.45, 2.75) is 102 Å². The summed E-state index contributed by atoms with van der Waals surface area (Å²) in [5, 5.41) is 0. The van der Waals surface area contributed by atoms with Crippen LogP contribution in [0.25, 0.3) is 0 Å². The van der Waals surface area contributed by atoms with Crippen LogP contribution in [0.4, 0.5) is 0 Å². The third-order valence-electron chi connectivity index (χ3n) is 5.61. The monoisotopic (exact) mass is 334 g/mol. The van der Waals surface area contributed by atoms with E-state index in [1.165, 1.54) is 12.8 Å². The molecule has 0 N–H and O–H groups in total. The molecular formula is C20H30O4. The Morgan fingerprint density at radius 1 is 0.583 bits per heavy atom. The molecule has 4 nitrogen and oxygen atoms in total. The molecule has 2 saturated carbocycles. The van der Waals surface area contributed by atoms with Gasteiger partial charge in [-0.15, -0.1) is 0 Å². The van der Waals surface area contributed by atoms with Gasteiger partial charge in [0.05, 0.1) is 0 Å². The lowest BCUT2D eigenvalue weighted by atomic mass is 9.91. The van der Waals surface area contributed by atoms with E-state index in [1.54, 1.807) is 0 Å². The number of hydrogen-bond acceptors (Lipinski definition) is 4. The molecule has 0 spiro atoms. The normalized spacial score (nSPS) is 23.8. The average Bonchev–Trinajstić information content (AvgIpc) is 2.63. The van der Waals surface area contributed by atoms with Gasteiger partial charge in [-0.05, 0) is 77.0 Å². The van der Waals surface area contributed by atoms with Gasteiger partial charge in [-0.2, -0.15) is 0 Å². The predicted molar refractivity (Wildman–Crippen MR) is 91.4 cm³/mol. The van der Waals surface area contributed by atoms with Crippen molar-refractivity contribution in [1.29, 1.82) is 0 Å². The number of carbonyl (C=O) groups excluding carboxylic acids is 2. The van der Waals surface area contributed by atoms with Gasteiger partial charge in [-0.3, -0.25) is 0 Å². The van der Waals surface area contributed by atoms with Gasteiger partial charge in [0.1, 0.15) is 12.2 Å². The van der Waals surface area contributed by atoms with Gasteiger partial charge in [-0.25, -0.2) is 9.59 Å². The predicted octanol–water partition coefficient (Wildman–Crippen LogP) is 4.61. The van der Waals surface area contributed by atoms with Crippen LogP contribution in [0.2, 0.25) is 0 Å². The molecule has 0 aromatic carbocycles. The van der Waals surface area contributed by atoms with Gasteiger partial charge in [0, 0.05) is 11.1 Å². The van der Waals surface area contributed by atoms with Crippen molar-refractivity contribution in [2.75, 3.05) is 0 Å². The highest BCUT2D eigenvalue weighted by Crippen LogP contribution is 2.30. The Kier molecular flexibility index (Phi) is 6.33. The fourth-order valence-corrected chi connectivity index (χ4v) is 4.17. The van der Waals surface area contributed by atoms with Crippen LogP contribution in [-0.4, -0.2) is 24.1 Å². The summed E-state index contributed by atoms with van der Waals surface area (Å²) in [4.78, 5) is 25.2. The Morgan fingerprint density at radius 2 is 0.958 bits per heavy atom. The summed E-state index contributed by atoms with van der Waals surface area (Å²) in [5.41, 5.74) is 1.18. The number of carbonyl (C=O) groups is 2. The minimum absolute atomic E-state index is 0.0382. The first kappa shape index (κ1) is 17.5. The van der Waals surface area contributed by atoms with Crippen LogP contribution in [0, 0.1) is 0 Å². The van der Waals surface area contributed by atoms with Gasteiger partial charge < -0.3 is 9.47 Å². The maximum absolute atomic E-state index is 12.6. The minimum Gasteiger partial charge on any atom is -0.459 e. The van der Waals surface area contributed by atoms with Crippen molar-refractivity contribution in [3.05, 3.63) is 11.1 Å². The summed E-state index contributed by atoms with van der Waals surface area (Å²) in [6, 6.07) is 0. The summed E-state index contributed by atoms with van der Waals surface area (Å²) in [7, 11) is 0. The molecule has 0 amide bonds. The third-order valence-corrected chi connectivity index (χ3v) is 5.61. The second-order valence-electron chi connectivity index (χ2n) is 7.49. The van der Waals surface area contributed by atoms with E-state index < -0.39 is 0 Å². The molecule has 3 aliphatic carbocycles. The van der Waals surface area contributed by atoms with Gasteiger partial charge in [0.25, 0.3) is 0 Å². The number of ether oxygens (including phenoxy) is 2. The molecule has 0 aromatic rings. The number of rotatable bonds is 4. The molecule has 3 aliphatic rings. The van der Waals surface area contributed by atoms with Crippen LogP contribution in [0.3, 0.4) is 0 Å². The molecule has 2 fully saturated rings. The maximum atomic E-state index is 12.6. The van der Waals surface area contributed by atoms with Crippen LogP contribution in [0.1, 0.15) is 89.9 Å². The third kappa shape index (κ3) is 4.61. The Balaban J connectivity index is 1.64. The molecule has 0 atom stereocenters. The Bertz CT molecular complexity index is 438. The van der Waals surface area contributed by atoms with Crippen LogP contribution in [-0.2, 0) is 19.1 Å². The van der Waals surface area contributed by atoms with Crippen molar-refractivity contribution in [3.63, 3.8) is 0 Å². The standard InChI is InChI=1S/C20H30O4/c21-19(23-15-9-3-1-4-10-15)17-13-7-8-14-18(17)20(22)24-16-11-5-2-6-12-16/h15-16H,1-14H2. The van der Waals surface area contributed by atoms with E-state index in [2.05, 4.69) is 0 Å². The Labute approximate surface area is 145 Å². The van der Waals surface area contributed by atoms with E-state index in [4.69, 9.17) is 9.47 Å². The fourth-order valence-electron chi connectivity index (χ4n) is 4.17. The second kappa shape index (κ2) is 8.68. The molecule has 4 heteroatoms.